The van der Waals surface area contributed by atoms with Crippen LogP contribution in [0.25, 0.3) is 5.57 Å². The lowest BCUT2D eigenvalue weighted by Crippen LogP contribution is -2.49. The second-order valence-electron chi connectivity index (χ2n) is 5.47. The SMILES string of the molecule is CC1=C(c2ccccc2)C(=O)N(C(C)(C)C)CO1. The molecule has 1 aromatic carbocycles. The third-order valence-corrected chi connectivity index (χ3v) is 3.09. The highest BCUT2D eigenvalue weighted by Crippen LogP contribution is 2.29. The molecule has 1 aliphatic rings. The van der Waals surface area contributed by atoms with Gasteiger partial charge in [-0.15, -0.1) is 0 Å². The number of hydrogen-bond acceptors (Lipinski definition) is 2. The number of carbonyl (C=O) groups is 1. The molecule has 3 heteroatoms. The minimum atomic E-state index is -0.238. The molecule has 0 aromatic heterocycles. The highest BCUT2D eigenvalue weighted by molar-refractivity contribution is 6.20. The van der Waals surface area contributed by atoms with Crippen molar-refractivity contribution < 1.29 is 9.53 Å². The lowest BCUT2D eigenvalue weighted by atomic mass is 9.99. The van der Waals surface area contributed by atoms with Crippen LogP contribution < -0.4 is 0 Å². The van der Waals surface area contributed by atoms with Gasteiger partial charge in [-0.3, -0.25) is 4.79 Å². The maximum atomic E-state index is 12.6. The average molecular weight is 245 g/mol. The Bertz CT molecular complexity index is 483. The van der Waals surface area contributed by atoms with Gasteiger partial charge in [-0.1, -0.05) is 30.3 Å². The van der Waals surface area contributed by atoms with Crippen molar-refractivity contribution in [3.05, 3.63) is 41.7 Å². The Labute approximate surface area is 108 Å². The maximum absolute atomic E-state index is 12.6. The Balaban J connectivity index is 2.43. The molecule has 0 atom stereocenters. The van der Waals surface area contributed by atoms with E-state index < -0.39 is 0 Å². The van der Waals surface area contributed by atoms with E-state index in [4.69, 9.17) is 4.74 Å². The van der Waals surface area contributed by atoms with Gasteiger partial charge in [0, 0.05) is 5.54 Å². The lowest BCUT2D eigenvalue weighted by Gasteiger charge is -2.39. The quantitative estimate of drug-likeness (QED) is 0.761. The lowest BCUT2D eigenvalue weighted by molar-refractivity contribution is -0.138. The Morgan fingerprint density at radius 1 is 1.17 bits per heavy atom. The molecular formula is C15H19NO2. The number of amides is 1. The molecule has 96 valence electrons. The zero-order valence-corrected chi connectivity index (χ0v) is 11.4. The maximum Gasteiger partial charge on any atom is 0.260 e. The van der Waals surface area contributed by atoms with Gasteiger partial charge in [-0.05, 0) is 33.3 Å². The fourth-order valence-electron chi connectivity index (χ4n) is 2.01. The summed E-state index contributed by atoms with van der Waals surface area (Å²) >= 11 is 0. The fourth-order valence-corrected chi connectivity index (χ4v) is 2.01. The van der Waals surface area contributed by atoms with Gasteiger partial charge in [-0.2, -0.15) is 0 Å². The molecule has 2 rings (SSSR count). The summed E-state index contributed by atoms with van der Waals surface area (Å²) in [4.78, 5) is 14.3. The molecule has 0 unspecified atom stereocenters. The summed E-state index contributed by atoms with van der Waals surface area (Å²) in [5, 5.41) is 0. The second kappa shape index (κ2) is 4.48. The largest absolute Gasteiger partial charge is 0.477 e. The van der Waals surface area contributed by atoms with Gasteiger partial charge < -0.3 is 9.64 Å². The van der Waals surface area contributed by atoms with Gasteiger partial charge in [0.25, 0.3) is 5.91 Å². The number of hydrogen-bond donors (Lipinski definition) is 0. The van der Waals surface area contributed by atoms with Crippen LogP contribution in [0.2, 0.25) is 0 Å². The van der Waals surface area contributed by atoms with Crippen LogP contribution in [0.1, 0.15) is 33.3 Å². The Morgan fingerprint density at radius 2 is 1.78 bits per heavy atom. The molecule has 0 saturated carbocycles. The summed E-state index contributed by atoms with van der Waals surface area (Å²) in [6.45, 7) is 8.21. The first-order valence-electron chi connectivity index (χ1n) is 6.12. The standard InChI is InChI=1S/C15H19NO2/c1-11-13(12-8-6-5-7-9-12)14(17)16(10-18-11)15(2,3)4/h5-9H,10H2,1-4H3. The van der Waals surface area contributed by atoms with E-state index in [1.54, 1.807) is 4.90 Å². The molecule has 3 nitrogen and oxygen atoms in total. The smallest absolute Gasteiger partial charge is 0.260 e. The molecule has 0 fully saturated rings. The van der Waals surface area contributed by atoms with E-state index in [1.807, 2.05) is 58.0 Å². The van der Waals surface area contributed by atoms with Crippen molar-refractivity contribution in [3.8, 4) is 0 Å². The van der Waals surface area contributed by atoms with Crippen LogP contribution in [0, 0.1) is 0 Å². The molecule has 0 bridgehead atoms. The van der Waals surface area contributed by atoms with Crippen molar-refractivity contribution in [1.29, 1.82) is 0 Å². The van der Waals surface area contributed by atoms with Crippen molar-refractivity contribution in [3.63, 3.8) is 0 Å². The van der Waals surface area contributed by atoms with Crippen molar-refractivity contribution in [2.45, 2.75) is 33.2 Å². The van der Waals surface area contributed by atoms with Gasteiger partial charge in [0.2, 0.25) is 0 Å². The number of carbonyl (C=O) groups excluding carboxylic acids is 1. The molecule has 0 spiro atoms. The molecule has 18 heavy (non-hydrogen) atoms. The van der Waals surface area contributed by atoms with E-state index in [0.717, 1.165) is 5.56 Å². The van der Waals surface area contributed by atoms with Crippen LogP contribution in [-0.4, -0.2) is 23.1 Å². The third-order valence-electron chi connectivity index (χ3n) is 3.09. The summed E-state index contributed by atoms with van der Waals surface area (Å²) in [7, 11) is 0. The Kier molecular flexibility index (Phi) is 3.16. The molecular weight excluding hydrogens is 226 g/mol. The van der Waals surface area contributed by atoms with Gasteiger partial charge in [-0.25, -0.2) is 0 Å². The number of ether oxygens (including phenoxy) is 1. The first-order valence-corrected chi connectivity index (χ1v) is 6.12. The minimum absolute atomic E-state index is 0.0393. The number of rotatable bonds is 1. The Hall–Kier alpha value is -1.77. The highest BCUT2D eigenvalue weighted by Gasteiger charge is 2.34. The highest BCUT2D eigenvalue weighted by atomic mass is 16.5. The minimum Gasteiger partial charge on any atom is -0.477 e. The topological polar surface area (TPSA) is 29.5 Å². The van der Waals surface area contributed by atoms with Gasteiger partial charge >= 0.3 is 0 Å². The van der Waals surface area contributed by atoms with Crippen LogP contribution in [0.15, 0.2) is 36.1 Å². The van der Waals surface area contributed by atoms with E-state index in [1.165, 1.54) is 0 Å². The second-order valence-corrected chi connectivity index (χ2v) is 5.47. The average Bonchev–Trinajstić information content (AvgIpc) is 2.28. The van der Waals surface area contributed by atoms with Crippen LogP contribution in [-0.2, 0) is 9.53 Å². The zero-order valence-electron chi connectivity index (χ0n) is 11.4. The number of benzene rings is 1. The number of allylic oxidation sites excluding steroid dienone is 1. The molecule has 1 aromatic rings. The van der Waals surface area contributed by atoms with Crippen molar-refractivity contribution in [2.24, 2.45) is 0 Å². The molecule has 0 aliphatic carbocycles. The summed E-state index contributed by atoms with van der Waals surface area (Å²) in [6.07, 6.45) is 0. The number of nitrogens with zero attached hydrogens (tertiary/aromatic N) is 1. The van der Waals surface area contributed by atoms with Crippen molar-refractivity contribution in [1.82, 2.24) is 4.90 Å². The molecule has 1 amide bonds. The predicted octanol–water partition coefficient (Wildman–Crippen LogP) is 3.03. The summed E-state index contributed by atoms with van der Waals surface area (Å²) in [5.41, 5.74) is 1.34. The van der Waals surface area contributed by atoms with Gasteiger partial charge in [0.15, 0.2) is 6.73 Å². The first kappa shape index (κ1) is 12.7. The van der Waals surface area contributed by atoms with E-state index >= 15 is 0 Å². The first-order chi connectivity index (χ1) is 8.41. The predicted molar refractivity (Wildman–Crippen MR) is 71.6 cm³/mol. The zero-order chi connectivity index (χ0) is 13.3. The molecule has 1 heterocycles. The van der Waals surface area contributed by atoms with Crippen LogP contribution in [0.3, 0.4) is 0 Å². The third kappa shape index (κ3) is 2.26. The van der Waals surface area contributed by atoms with Crippen LogP contribution in [0.4, 0.5) is 0 Å². The summed E-state index contributed by atoms with van der Waals surface area (Å²) in [5.74, 6) is 0.740. The van der Waals surface area contributed by atoms with Crippen LogP contribution >= 0.6 is 0 Å². The summed E-state index contributed by atoms with van der Waals surface area (Å²) in [6, 6.07) is 9.67. The van der Waals surface area contributed by atoms with Gasteiger partial charge in [0.1, 0.15) is 5.76 Å². The van der Waals surface area contributed by atoms with Crippen molar-refractivity contribution in [2.75, 3.05) is 6.73 Å². The van der Waals surface area contributed by atoms with E-state index in [0.29, 0.717) is 18.1 Å². The normalized spacial score (nSPS) is 16.9. The molecule has 0 N–H and O–H groups in total. The monoisotopic (exact) mass is 245 g/mol. The van der Waals surface area contributed by atoms with Crippen molar-refractivity contribution >= 4 is 11.5 Å². The molecule has 0 saturated heterocycles. The van der Waals surface area contributed by atoms with E-state index in [-0.39, 0.29) is 11.4 Å². The molecule has 1 aliphatic heterocycles. The Morgan fingerprint density at radius 3 is 2.33 bits per heavy atom. The molecule has 0 radical (unpaired) electrons. The van der Waals surface area contributed by atoms with Crippen LogP contribution in [0.5, 0.6) is 0 Å². The van der Waals surface area contributed by atoms with Gasteiger partial charge in [0.05, 0.1) is 5.57 Å². The summed E-state index contributed by atoms with van der Waals surface area (Å²) < 4.78 is 5.64. The van der Waals surface area contributed by atoms with E-state index in [9.17, 15) is 4.79 Å². The fraction of sp³-hybridized carbons (Fsp3) is 0.400. The van der Waals surface area contributed by atoms with E-state index in [2.05, 4.69) is 0 Å².